The van der Waals surface area contributed by atoms with Crippen LogP contribution >= 0.6 is 0 Å². The van der Waals surface area contributed by atoms with Gasteiger partial charge in [-0.3, -0.25) is 0 Å². The zero-order chi connectivity index (χ0) is 13.8. The van der Waals surface area contributed by atoms with Gasteiger partial charge in [-0.2, -0.15) is 0 Å². The van der Waals surface area contributed by atoms with Crippen LogP contribution < -0.4 is 5.32 Å². The van der Waals surface area contributed by atoms with Gasteiger partial charge >= 0.3 is 0 Å². The van der Waals surface area contributed by atoms with E-state index in [9.17, 15) is 0 Å². The molecular weight excluding hydrogens is 222 g/mol. The van der Waals surface area contributed by atoms with Crippen LogP contribution in [0.4, 0.5) is 0 Å². The van der Waals surface area contributed by atoms with Crippen molar-refractivity contribution in [1.29, 1.82) is 0 Å². The number of allylic oxidation sites excluding steroid dienone is 5. The smallest absolute Gasteiger partial charge is 0.0899 e. The predicted molar refractivity (Wildman–Crippen MR) is 81.7 cm³/mol. The average Bonchev–Trinajstić information content (AvgIpc) is 2.33. The van der Waals surface area contributed by atoms with Crippen molar-refractivity contribution in [3.8, 4) is 0 Å². The molecule has 0 aromatic rings. The van der Waals surface area contributed by atoms with Crippen LogP contribution in [0.5, 0.6) is 0 Å². The van der Waals surface area contributed by atoms with E-state index in [1.165, 1.54) is 11.3 Å². The third-order valence-corrected chi connectivity index (χ3v) is 2.36. The molecule has 3 heteroatoms. The molecule has 0 amide bonds. The first-order valence-electron chi connectivity index (χ1n) is 6.50. The first-order valence-corrected chi connectivity index (χ1v) is 6.50. The van der Waals surface area contributed by atoms with Crippen molar-refractivity contribution in [1.82, 2.24) is 10.2 Å². The van der Waals surface area contributed by atoms with Crippen molar-refractivity contribution in [2.24, 2.45) is 4.99 Å². The summed E-state index contributed by atoms with van der Waals surface area (Å²) < 4.78 is 0. The van der Waals surface area contributed by atoms with Gasteiger partial charge in [0, 0.05) is 33.0 Å². The Morgan fingerprint density at radius 2 is 2.06 bits per heavy atom. The second kappa shape index (κ2) is 10.6. The fraction of sp³-hybridized carbons (Fsp3) is 0.533. The van der Waals surface area contributed by atoms with E-state index >= 15 is 0 Å². The summed E-state index contributed by atoms with van der Waals surface area (Å²) in [6, 6.07) is 0. The zero-order valence-corrected chi connectivity index (χ0v) is 12.4. The molecule has 0 heterocycles. The second-order valence-corrected chi connectivity index (χ2v) is 4.46. The van der Waals surface area contributed by atoms with Crippen LogP contribution in [0.1, 0.15) is 33.1 Å². The van der Waals surface area contributed by atoms with Crippen molar-refractivity contribution in [3.63, 3.8) is 0 Å². The Hall–Kier alpha value is -1.51. The highest BCUT2D eigenvalue weighted by Crippen LogP contribution is 2.07. The van der Waals surface area contributed by atoms with Gasteiger partial charge in [-0.1, -0.05) is 31.6 Å². The topological polar surface area (TPSA) is 27.6 Å². The fourth-order valence-electron chi connectivity index (χ4n) is 1.31. The lowest BCUT2D eigenvalue weighted by Crippen LogP contribution is -2.06. The van der Waals surface area contributed by atoms with Gasteiger partial charge in [-0.05, 0) is 25.3 Å². The van der Waals surface area contributed by atoms with Crippen LogP contribution in [0, 0.1) is 0 Å². The number of hydrogen-bond donors (Lipinski definition) is 1. The Bertz CT molecular complexity index is 323. The maximum atomic E-state index is 4.28. The molecule has 0 saturated carbocycles. The summed E-state index contributed by atoms with van der Waals surface area (Å²) in [6.07, 6.45) is 13.4. The molecule has 0 aliphatic carbocycles. The maximum Gasteiger partial charge on any atom is 0.0899 e. The van der Waals surface area contributed by atoms with Crippen LogP contribution in [0.2, 0.25) is 0 Å². The number of rotatable bonds is 8. The lowest BCUT2D eigenvalue weighted by Gasteiger charge is -2.01. The number of nitrogens with one attached hydrogen (secondary N) is 1. The standard InChI is InChI=1S/C15H27N3/c1-6-9-15(12-17-13-18(4)5)11-8-7-10-14(2)16-3/h8,10-13,16H,6-7,9H2,1-5H3/b11-8+,14-10-,15-12+,17-13-. The Kier molecular flexibility index (Phi) is 9.74. The first-order chi connectivity index (χ1) is 8.60. The Labute approximate surface area is 112 Å². The van der Waals surface area contributed by atoms with Crippen molar-refractivity contribution in [3.05, 3.63) is 35.7 Å². The van der Waals surface area contributed by atoms with E-state index in [1.54, 1.807) is 0 Å². The SMILES string of the molecule is CCCC(/C=C/C/C=C(/C)NC)=C\N=C/N(C)C. The van der Waals surface area contributed by atoms with E-state index in [-0.39, 0.29) is 0 Å². The molecule has 0 rings (SSSR count). The molecule has 3 nitrogen and oxygen atoms in total. The van der Waals surface area contributed by atoms with E-state index in [2.05, 4.69) is 42.4 Å². The molecular formula is C15H27N3. The van der Waals surface area contributed by atoms with E-state index in [0.29, 0.717) is 0 Å². The molecule has 1 N–H and O–H groups in total. The monoisotopic (exact) mass is 249 g/mol. The summed E-state index contributed by atoms with van der Waals surface area (Å²) in [5, 5.41) is 3.11. The molecule has 0 saturated heterocycles. The van der Waals surface area contributed by atoms with E-state index in [0.717, 1.165) is 19.3 Å². The number of nitrogens with zero attached hydrogens (tertiary/aromatic N) is 2. The third-order valence-electron chi connectivity index (χ3n) is 2.36. The van der Waals surface area contributed by atoms with Crippen molar-refractivity contribution in [2.75, 3.05) is 21.1 Å². The molecule has 0 atom stereocenters. The fourth-order valence-corrected chi connectivity index (χ4v) is 1.31. The minimum Gasteiger partial charge on any atom is -0.392 e. The normalized spacial score (nSPS) is 13.6. The van der Waals surface area contributed by atoms with Gasteiger partial charge < -0.3 is 10.2 Å². The van der Waals surface area contributed by atoms with Crippen LogP contribution in [-0.2, 0) is 0 Å². The molecule has 0 fully saturated rings. The highest BCUT2D eigenvalue weighted by atomic mass is 15.1. The largest absolute Gasteiger partial charge is 0.392 e. The van der Waals surface area contributed by atoms with Gasteiger partial charge in [0.15, 0.2) is 0 Å². The Balaban J connectivity index is 4.39. The Morgan fingerprint density at radius 3 is 2.61 bits per heavy atom. The van der Waals surface area contributed by atoms with Crippen molar-refractivity contribution < 1.29 is 0 Å². The molecule has 0 radical (unpaired) electrons. The van der Waals surface area contributed by atoms with Gasteiger partial charge in [0.2, 0.25) is 0 Å². The molecule has 0 aromatic carbocycles. The summed E-state index contributed by atoms with van der Waals surface area (Å²) >= 11 is 0. The average molecular weight is 249 g/mol. The maximum absolute atomic E-state index is 4.28. The number of aliphatic imine (C=N–C) groups is 1. The van der Waals surface area contributed by atoms with E-state index in [1.807, 2.05) is 38.6 Å². The molecule has 0 spiro atoms. The van der Waals surface area contributed by atoms with Crippen molar-refractivity contribution in [2.45, 2.75) is 33.1 Å². The van der Waals surface area contributed by atoms with Gasteiger partial charge in [-0.15, -0.1) is 0 Å². The molecule has 0 aromatic heterocycles. The highest BCUT2D eigenvalue weighted by molar-refractivity contribution is 5.55. The highest BCUT2D eigenvalue weighted by Gasteiger charge is 1.89. The van der Waals surface area contributed by atoms with E-state index < -0.39 is 0 Å². The minimum atomic E-state index is 0.950. The molecule has 102 valence electrons. The van der Waals surface area contributed by atoms with Gasteiger partial charge in [0.05, 0.1) is 6.34 Å². The van der Waals surface area contributed by atoms with Crippen LogP contribution in [0.25, 0.3) is 0 Å². The number of hydrogen-bond acceptors (Lipinski definition) is 2. The molecule has 0 aliphatic rings. The molecule has 0 unspecified atom stereocenters. The summed E-state index contributed by atoms with van der Waals surface area (Å²) in [4.78, 5) is 6.21. The Morgan fingerprint density at radius 1 is 1.33 bits per heavy atom. The lowest BCUT2D eigenvalue weighted by atomic mass is 10.1. The molecule has 0 aliphatic heterocycles. The molecule has 18 heavy (non-hydrogen) atoms. The third kappa shape index (κ3) is 9.70. The van der Waals surface area contributed by atoms with Crippen molar-refractivity contribution >= 4 is 6.34 Å². The lowest BCUT2D eigenvalue weighted by molar-refractivity contribution is 0.643. The van der Waals surface area contributed by atoms with Gasteiger partial charge in [-0.25, -0.2) is 4.99 Å². The second-order valence-electron chi connectivity index (χ2n) is 4.46. The van der Waals surface area contributed by atoms with Crippen LogP contribution in [0.3, 0.4) is 0 Å². The van der Waals surface area contributed by atoms with Gasteiger partial charge in [0.25, 0.3) is 0 Å². The zero-order valence-electron chi connectivity index (χ0n) is 12.4. The van der Waals surface area contributed by atoms with Gasteiger partial charge in [0.1, 0.15) is 0 Å². The summed E-state index contributed by atoms with van der Waals surface area (Å²) in [5.41, 5.74) is 2.47. The minimum absolute atomic E-state index is 0.950. The summed E-state index contributed by atoms with van der Waals surface area (Å²) in [6.45, 7) is 4.25. The van der Waals surface area contributed by atoms with Crippen LogP contribution in [0.15, 0.2) is 40.7 Å². The summed E-state index contributed by atoms with van der Waals surface area (Å²) in [7, 11) is 5.88. The van der Waals surface area contributed by atoms with E-state index in [4.69, 9.17) is 0 Å². The quantitative estimate of drug-likeness (QED) is 0.406. The van der Waals surface area contributed by atoms with Crippen LogP contribution in [-0.4, -0.2) is 32.4 Å². The summed E-state index contributed by atoms with van der Waals surface area (Å²) in [5.74, 6) is 0. The molecule has 0 bridgehead atoms. The first kappa shape index (κ1) is 16.5. The predicted octanol–water partition coefficient (Wildman–Crippen LogP) is 3.33.